The Labute approximate surface area is 149 Å². The molecule has 0 unspecified atom stereocenters. The average Bonchev–Trinajstić information content (AvgIpc) is 3.21. The molecule has 3 aromatic rings. The van der Waals surface area contributed by atoms with Crippen molar-refractivity contribution in [1.82, 2.24) is 14.7 Å². The van der Waals surface area contributed by atoms with Crippen LogP contribution in [0.1, 0.15) is 45.8 Å². The van der Waals surface area contributed by atoms with Crippen LogP contribution in [0.25, 0.3) is 4.96 Å². The van der Waals surface area contributed by atoms with E-state index in [9.17, 15) is 9.59 Å². The van der Waals surface area contributed by atoms with Crippen molar-refractivity contribution < 1.29 is 4.79 Å². The Morgan fingerprint density at radius 3 is 2.92 bits per heavy atom. The second-order valence-corrected chi connectivity index (χ2v) is 7.50. The van der Waals surface area contributed by atoms with Crippen molar-refractivity contribution in [3.05, 3.63) is 68.6 Å². The molecule has 2 aromatic heterocycles. The van der Waals surface area contributed by atoms with Crippen LogP contribution in [0, 0.1) is 0 Å². The maximum Gasteiger partial charge on any atom is 0.271 e. The lowest BCUT2D eigenvalue weighted by Crippen LogP contribution is -2.33. The SMILES string of the molecule is C[C@@H](CNC(=O)c1cnc2sc3c(n2c1=O)CCC3)c1ccccc1. The molecule has 1 amide bonds. The maximum absolute atomic E-state index is 12.8. The Morgan fingerprint density at radius 1 is 1.32 bits per heavy atom. The topological polar surface area (TPSA) is 63.5 Å². The fraction of sp³-hybridized carbons (Fsp3) is 0.316. The normalized spacial score (nSPS) is 14.4. The van der Waals surface area contributed by atoms with Crippen LogP contribution in [0.3, 0.4) is 0 Å². The lowest BCUT2D eigenvalue weighted by molar-refractivity contribution is 0.0949. The summed E-state index contributed by atoms with van der Waals surface area (Å²) in [6.45, 7) is 2.53. The number of amides is 1. The highest BCUT2D eigenvalue weighted by molar-refractivity contribution is 7.17. The molecule has 1 aromatic carbocycles. The van der Waals surface area contributed by atoms with Gasteiger partial charge in [0, 0.05) is 23.3 Å². The van der Waals surface area contributed by atoms with E-state index in [0.717, 1.165) is 30.5 Å². The van der Waals surface area contributed by atoms with Crippen LogP contribution in [-0.4, -0.2) is 21.8 Å². The highest BCUT2D eigenvalue weighted by Crippen LogP contribution is 2.28. The zero-order chi connectivity index (χ0) is 17.4. The first-order valence-electron chi connectivity index (χ1n) is 8.50. The van der Waals surface area contributed by atoms with Gasteiger partial charge in [0.2, 0.25) is 0 Å². The van der Waals surface area contributed by atoms with E-state index in [4.69, 9.17) is 0 Å². The van der Waals surface area contributed by atoms with Gasteiger partial charge >= 0.3 is 0 Å². The van der Waals surface area contributed by atoms with Gasteiger partial charge in [-0.3, -0.25) is 14.0 Å². The van der Waals surface area contributed by atoms with Gasteiger partial charge in [-0.2, -0.15) is 0 Å². The summed E-state index contributed by atoms with van der Waals surface area (Å²) in [7, 11) is 0. The molecule has 1 N–H and O–H groups in total. The number of aromatic nitrogens is 2. The minimum absolute atomic E-state index is 0.116. The molecule has 6 heteroatoms. The minimum atomic E-state index is -0.354. The van der Waals surface area contributed by atoms with Crippen molar-refractivity contribution in [2.24, 2.45) is 0 Å². The molecule has 0 saturated heterocycles. The zero-order valence-electron chi connectivity index (χ0n) is 14.0. The van der Waals surface area contributed by atoms with Crippen molar-refractivity contribution >= 4 is 22.2 Å². The molecule has 1 aliphatic rings. The molecule has 0 radical (unpaired) electrons. The minimum Gasteiger partial charge on any atom is -0.351 e. The maximum atomic E-state index is 12.8. The van der Waals surface area contributed by atoms with Gasteiger partial charge in [0.15, 0.2) is 4.96 Å². The largest absolute Gasteiger partial charge is 0.351 e. The molecule has 0 fully saturated rings. The third-order valence-electron chi connectivity index (χ3n) is 4.73. The number of carbonyl (C=O) groups is 1. The van der Waals surface area contributed by atoms with Gasteiger partial charge < -0.3 is 5.32 Å². The lowest BCUT2D eigenvalue weighted by atomic mass is 10.0. The summed E-state index contributed by atoms with van der Waals surface area (Å²) in [5.41, 5.74) is 2.05. The number of thiazole rings is 1. The number of fused-ring (bicyclic) bond motifs is 3. The van der Waals surface area contributed by atoms with E-state index in [1.807, 2.05) is 30.3 Å². The molecule has 0 bridgehead atoms. The van der Waals surface area contributed by atoms with Gasteiger partial charge in [-0.15, -0.1) is 11.3 Å². The van der Waals surface area contributed by atoms with Crippen molar-refractivity contribution in [3.8, 4) is 0 Å². The molecule has 5 nitrogen and oxygen atoms in total. The van der Waals surface area contributed by atoms with Crippen LogP contribution >= 0.6 is 11.3 Å². The van der Waals surface area contributed by atoms with Crippen molar-refractivity contribution in [2.45, 2.75) is 32.1 Å². The number of hydrogen-bond acceptors (Lipinski definition) is 4. The average molecular weight is 353 g/mol. The summed E-state index contributed by atoms with van der Waals surface area (Å²) in [4.78, 5) is 31.5. The fourth-order valence-corrected chi connectivity index (χ4v) is 4.47. The summed E-state index contributed by atoms with van der Waals surface area (Å²) in [6, 6.07) is 10.0. The Morgan fingerprint density at radius 2 is 2.12 bits per heavy atom. The van der Waals surface area contributed by atoms with Crippen LogP contribution in [0.2, 0.25) is 0 Å². The third-order valence-corrected chi connectivity index (χ3v) is 5.89. The molecular weight excluding hydrogens is 334 g/mol. The number of hydrogen-bond donors (Lipinski definition) is 1. The van der Waals surface area contributed by atoms with Crippen molar-refractivity contribution in [1.29, 1.82) is 0 Å². The molecule has 1 aliphatic carbocycles. The number of rotatable bonds is 4. The number of carbonyl (C=O) groups excluding carboxylic acids is 1. The summed E-state index contributed by atoms with van der Waals surface area (Å²) >= 11 is 1.56. The molecule has 0 spiro atoms. The molecule has 0 aliphatic heterocycles. The lowest BCUT2D eigenvalue weighted by Gasteiger charge is -2.13. The van der Waals surface area contributed by atoms with Gasteiger partial charge in [0.25, 0.3) is 11.5 Å². The predicted octanol–water partition coefficient (Wildman–Crippen LogP) is 2.78. The van der Waals surface area contributed by atoms with Crippen LogP contribution in [0.15, 0.2) is 41.3 Å². The Bertz CT molecular complexity index is 991. The van der Waals surface area contributed by atoms with Crippen LogP contribution in [0.4, 0.5) is 0 Å². The number of aryl methyl sites for hydroxylation is 2. The first-order valence-corrected chi connectivity index (χ1v) is 9.32. The van der Waals surface area contributed by atoms with Gasteiger partial charge in [-0.05, 0) is 30.7 Å². The summed E-state index contributed by atoms with van der Waals surface area (Å²) in [5, 5.41) is 2.87. The Kier molecular flexibility index (Phi) is 4.13. The van der Waals surface area contributed by atoms with Gasteiger partial charge in [0.05, 0.1) is 0 Å². The summed E-state index contributed by atoms with van der Waals surface area (Å²) in [5.74, 6) is -0.178. The number of nitrogens with zero attached hydrogens (tertiary/aromatic N) is 2. The van der Waals surface area contributed by atoms with Crippen molar-refractivity contribution in [3.63, 3.8) is 0 Å². The Balaban J connectivity index is 1.56. The van der Waals surface area contributed by atoms with E-state index in [1.54, 1.807) is 15.7 Å². The van der Waals surface area contributed by atoms with Gasteiger partial charge in [-0.1, -0.05) is 37.3 Å². The molecular formula is C19H19N3O2S. The smallest absolute Gasteiger partial charge is 0.271 e. The number of benzene rings is 1. The second-order valence-electron chi connectivity index (χ2n) is 6.44. The van der Waals surface area contributed by atoms with Crippen LogP contribution in [-0.2, 0) is 12.8 Å². The first kappa shape index (κ1) is 16.0. The quantitative estimate of drug-likeness (QED) is 0.784. The van der Waals surface area contributed by atoms with Crippen LogP contribution in [0.5, 0.6) is 0 Å². The van der Waals surface area contributed by atoms with Gasteiger partial charge in [0.1, 0.15) is 5.56 Å². The van der Waals surface area contributed by atoms with E-state index in [0.29, 0.717) is 11.5 Å². The highest BCUT2D eigenvalue weighted by atomic mass is 32.1. The molecule has 25 heavy (non-hydrogen) atoms. The molecule has 2 heterocycles. The highest BCUT2D eigenvalue weighted by Gasteiger charge is 2.22. The molecule has 4 rings (SSSR count). The van der Waals surface area contributed by atoms with E-state index in [2.05, 4.69) is 17.2 Å². The number of nitrogens with one attached hydrogen (secondary N) is 1. The Hall–Kier alpha value is -2.47. The van der Waals surface area contributed by atoms with Gasteiger partial charge in [-0.25, -0.2) is 4.98 Å². The van der Waals surface area contributed by atoms with E-state index in [1.165, 1.54) is 11.1 Å². The molecule has 0 saturated carbocycles. The first-order chi connectivity index (χ1) is 12.1. The molecule has 128 valence electrons. The molecule has 1 atom stereocenters. The summed E-state index contributed by atoms with van der Waals surface area (Å²) < 4.78 is 1.63. The summed E-state index contributed by atoms with van der Waals surface area (Å²) in [6.07, 6.45) is 4.35. The van der Waals surface area contributed by atoms with E-state index < -0.39 is 0 Å². The van der Waals surface area contributed by atoms with Crippen LogP contribution < -0.4 is 10.9 Å². The third kappa shape index (κ3) is 2.87. The van der Waals surface area contributed by atoms with E-state index >= 15 is 0 Å². The monoisotopic (exact) mass is 353 g/mol. The van der Waals surface area contributed by atoms with E-state index in [-0.39, 0.29) is 22.9 Å². The zero-order valence-corrected chi connectivity index (χ0v) is 14.8. The predicted molar refractivity (Wildman–Crippen MR) is 98.6 cm³/mol. The standard InChI is InChI=1S/C19H19N3O2S/c1-12(13-6-3-2-4-7-13)10-20-17(23)14-11-21-19-22(18(14)24)15-8-5-9-16(15)25-19/h2-4,6-7,11-12H,5,8-10H2,1H3,(H,20,23)/t12-/m0/s1. The fourth-order valence-electron chi connectivity index (χ4n) is 3.30. The van der Waals surface area contributed by atoms with Crippen molar-refractivity contribution in [2.75, 3.05) is 6.54 Å². The second kappa shape index (κ2) is 6.44.